The summed E-state index contributed by atoms with van der Waals surface area (Å²) in [7, 11) is 3.34. The Bertz CT molecular complexity index is 822. The summed E-state index contributed by atoms with van der Waals surface area (Å²) >= 11 is 7.55. The van der Waals surface area contributed by atoms with E-state index in [2.05, 4.69) is 31.1 Å². The Morgan fingerprint density at radius 1 is 1.24 bits per heavy atom. The van der Waals surface area contributed by atoms with E-state index in [1.165, 1.54) is 16.2 Å². The molecule has 0 aliphatic rings. The molecular formula is C18H22ClN3O2S. The SMILES string of the molecule is Cc1nc(C(C)(C)C)sc1C(=O)Nc1cc(C(=O)N(C)C)ccc1Cl. The van der Waals surface area contributed by atoms with E-state index in [1.807, 2.05) is 6.92 Å². The van der Waals surface area contributed by atoms with Gasteiger partial charge in [0.1, 0.15) is 4.88 Å². The minimum atomic E-state index is -0.276. The predicted octanol–water partition coefficient (Wildman–Crippen LogP) is 4.36. The van der Waals surface area contributed by atoms with Gasteiger partial charge in [0.05, 0.1) is 21.4 Å². The lowest BCUT2D eigenvalue weighted by Crippen LogP contribution is -2.22. The minimum absolute atomic E-state index is 0.121. The van der Waals surface area contributed by atoms with Crippen LogP contribution in [0.5, 0.6) is 0 Å². The second-order valence-corrected chi connectivity index (χ2v) is 8.44. The molecule has 0 radical (unpaired) electrons. The highest BCUT2D eigenvalue weighted by molar-refractivity contribution is 7.14. The zero-order valence-electron chi connectivity index (χ0n) is 15.2. The average Bonchev–Trinajstić information content (AvgIpc) is 2.90. The van der Waals surface area contributed by atoms with E-state index < -0.39 is 0 Å². The van der Waals surface area contributed by atoms with E-state index in [1.54, 1.807) is 32.3 Å². The number of nitrogens with zero attached hydrogens (tertiary/aromatic N) is 2. The quantitative estimate of drug-likeness (QED) is 0.861. The van der Waals surface area contributed by atoms with Crippen molar-refractivity contribution in [2.75, 3.05) is 19.4 Å². The largest absolute Gasteiger partial charge is 0.345 e. The van der Waals surface area contributed by atoms with Crippen LogP contribution in [0.4, 0.5) is 5.69 Å². The standard InChI is InChI=1S/C18H22ClN3O2S/c1-10-14(25-17(20-10)18(2,3)4)15(23)21-13-9-11(7-8-12(13)19)16(24)22(5)6/h7-9H,1-6H3,(H,21,23). The van der Waals surface area contributed by atoms with Crippen LogP contribution in [-0.2, 0) is 5.41 Å². The molecule has 5 nitrogen and oxygen atoms in total. The van der Waals surface area contributed by atoms with E-state index in [9.17, 15) is 9.59 Å². The summed E-state index contributed by atoms with van der Waals surface area (Å²) in [6, 6.07) is 4.83. The van der Waals surface area contributed by atoms with Crippen LogP contribution in [0.15, 0.2) is 18.2 Å². The number of nitrogens with one attached hydrogen (secondary N) is 1. The van der Waals surface area contributed by atoms with Crippen molar-refractivity contribution < 1.29 is 9.59 Å². The number of anilines is 1. The number of hydrogen-bond donors (Lipinski definition) is 1. The predicted molar refractivity (Wildman–Crippen MR) is 103 cm³/mol. The zero-order valence-corrected chi connectivity index (χ0v) is 16.8. The van der Waals surface area contributed by atoms with Crippen LogP contribution < -0.4 is 5.32 Å². The Morgan fingerprint density at radius 3 is 2.40 bits per heavy atom. The molecule has 1 aromatic heterocycles. The molecule has 0 unspecified atom stereocenters. The van der Waals surface area contributed by atoms with Crippen molar-refractivity contribution in [2.45, 2.75) is 33.1 Å². The van der Waals surface area contributed by atoms with Gasteiger partial charge in [0.25, 0.3) is 11.8 Å². The summed E-state index contributed by atoms with van der Waals surface area (Å²) in [4.78, 5) is 31.3. The molecule has 1 N–H and O–H groups in total. The van der Waals surface area contributed by atoms with E-state index in [0.717, 1.165) is 5.01 Å². The van der Waals surface area contributed by atoms with Crippen molar-refractivity contribution in [2.24, 2.45) is 0 Å². The molecule has 0 aliphatic carbocycles. The molecule has 0 bridgehead atoms. The molecule has 2 aromatic rings. The molecule has 0 spiro atoms. The molecule has 1 heterocycles. The summed E-state index contributed by atoms with van der Waals surface area (Å²) in [5, 5.41) is 4.07. The molecular weight excluding hydrogens is 358 g/mol. The fourth-order valence-electron chi connectivity index (χ4n) is 2.12. The number of aromatic nitrogens is 1. The maximum absolute atomic E-state index is 12.6. The summed E-state index contributed by atoms with van der Waals surface area (Å²) in [5.74, 6) is -0.432. The lowest BCUT2D eigenvalue weighted by Gasteiger charge is -2.13. The number of hydrogen-bond acceptors (Lipinski definition) is 4. The maximum Gasteiger partial charge on any atom is 0.267 e. The van der Waals surface area contributed by atoms with Crippen LogP contribution in [0, 0.1) is 6.92 Å². The second-order valence-electron chi connectivity index (χ2n) is 7.03. The first kappa shape index (κ1) is 19.4. The molecule has 2 rings (SSSR count). The van der Waals surface area contributed by atoms with Gasteiger partial charge in [-0.05, 0) is 25.1 Å². The molecule has 0 saturated heterocycles. The number of aryl methyl sites for hydroxylation is 1. The van der Waals surface area contributed by atoms with Crippen molar-refractivity contribution in [3.8, 4) is 0 Å². The van der Waals surface area contributed by atoms with E-state index >= 15 is 0 Å². The maximum atomic E-state index is 12.6. The van der Waals surface area contributed by atoms with Crippen LogP contribution in [0.2, 0.25) is 5.02 Å². The van der Waals surface area contributed by atoms with Crippen molar-refractivity contribution in [3.63, 3.8) is 0 Å². The summed E-state index contributed by atoms with van der Waals surface area (Å²) in [6.07, 6.45) is 0. The highest BCUT2D eigenvalue weighted by Crippen LogP contribution is 2.30. The molecule has 1 aromatic carbocycles. The van der Waals surface area contributed by atoms with Crippen LogP contribution in [0.1, 0.15) is 51.5 Å². The smallest absolute Gasteiger partial charge is 0.267 e. The highest BCUT2D eigenvalue weighted by Gasteiger charge is 2.23. The van der Waals surface area contributed by atoms with Gasteiger partial charge in [-0.2, -0.15) is 0 Å². The van der Waals surface area contributed by atoms with Crippen LogP contribution in [0.25, 0.3) is 0 Å². The average molecular weight is 380 g/mol. The number of thiazole rings is 1. The zero-order chi connectivity index (χ0) is 18.9. The number of carbonyl (C=O) groups excluding carboxylic acids is 2. The van der Waals surface area contributed by atoms with Gasteiger partial charge in [-0.3, -0.25) is 9.59 Å². The summed E-state index contributed by atoms with van der Waals surface area (Å²) < 4.78 is 0. The third-order valence-corrected chi connectivity index (χ3v) is 5.42. The number of halogens is 1. The highest BCUT2D eigenvalue weighted by atomic mass is 35.5. The Hall–Kier alpha value is -1.92. The molecule has 2 amide bonds. The summed E-state index contributed by atoms with van der Waals surface area (Å²) in [6.45, 7) is 7.98. The van der Waals surface area contributed by atoms with Gasteiger partial charge in [-0.15, -0.1) is 11.3 Å². The molecule has 0 fully saturated rings. The molecule has 25 heavy (non-hydrogen) atoms. The second kappa shape index (κ2) is 7.14. The summed E-state index contributed by atoms with van der Waals surface area (Å²) in [5.41, 5.74) is 1.43. The first-order valence-electron chi connectivity index (χ1n) is 7.81. The number of rotatable bonds is 3. The first-order valence-corrected chi connectivity index (χ1v) is 9.00. The van der Waals surface area contributed by atoms with Crippen LogP contribution in [0.3, 0.4) is 0 Å². The molecule has 0 saturated carbocycles. The van der Waals surface area contributed by atoms with Crippen LogP contribution in [-0.4, -0.2) is 35.8 Å². The Labute approximate surface area is 157 Å². The number of benzene rings is 1. The first-order chi connectivity index (χ1) is 11.5. The fraction of sp³-hybridized carbons (Fsp3) is 0.389. The molecule has 0 aliphatic heterocycles. The Morgan fingerprint density at radius 2 is 1.88 bits per heavy atom. The van der Waals surface area contributed by atoms with Gasteiger partial charge in [0.15, 0.2) is 0 Å². The normalized spacial score (nSPS) is 11.3. The Kier molecular flexibility index (Phi) is 5.54. The van der Waals surface area contributed by atoms with Crippen LogP contribution >= 0.6 is 22.9 Å². The lowest BCUT2D eigenvalue weighted by molar-refractivity contribution is 0.0827. The monoisotopic (exact) mass is 379 g/mol. The van der Waals surface area contributed by atoms with E-state index in [-0.39, 0.29) is 17.2 Å². The van der Waals surface area contributed by atoms with Gasteiger partial charge in [-0.25, -0.2) is 4.98 Å². The van der Waals surface area contributed by atoms with Gasteiger partial charge >= 0.3 is 0 Å². The van der Waals surface area contributed by atoms with Crippen molar-refractivity contribution in [1.82, 2.24) is 9.88 Å². The van der Waals surface area contributed by atoms with Gasteiger partial charge < -0.3 is 10.2 Å². The third-order valence-electron chi connectivity index (χ3n) is 3.51. The Balaban J connectivity index is 2.31. The number of carbonyl (C=O) groups is 2. The van der Waals surface area contributed by atoms with Crippen molar-refractivity contribution in [1.29, 1.82) is 0 Å². The molecule has 7 heteroatoms. The molecule has 0 atom stereocenters. The van der Waals surface area contributed by atoms with Gasteiger partial charge in [-0.1, -0.05) is 32.4 Å². The molecule has 134 valence electrons. The third kappa shape index (κ3) is 4.38. The van der Waals surface area contributed by atoms with E-state index in [0.29, 0.717) is 26.8 Å². The van der Waals surface area contributed by atoms with Gasteiger partial charge in [0, 0.05) is 25.1 Å². The fourth-order valence-corrected chi connectivity index (χ4v) is 3.30. The van der Waals surface area contributed by atoms with Crippen molar-refractivity contribution in [3.05, 3.63) is 44.4 Å². The minimum Gasteiger partial charge on any atom is -0.345 e. The van der Waals surface area contributed by atoms with Gasteiger partial charge in [0.2, 0.25) is 0 Å². The number of amides is 2. The lowest BCUT2D eigenvalue weighted by atomic mass is 9.98. The van der Waals surface area contributed by atoms with Crippen molar-refractivity contribution >= 4 is 40.4 Å². The topological polar surface area (TPSA) is 62.3 Å². The van der Waals surface area contributed by atoms with E-state index in [4.69, 9.17) is 11.6 Å².